The summed E-state index contributed by atoms with van der Waals surface area (Å²) in [4.78, 5) is 87.6. The lowest BCUT2D eigenvalue weighted by molar-refractivity contribution is 0.0680. The maximum atomic E-state index is 12.4. The van der Waals surface area contributed by atoms with E-state index < -0.39 is 68.5 Å². The highest BCUT2D eigenvalue weighted by Crippen LogP contribution is 2.39. The van der Waals surface area contributed by atoms with Crippen LogP contribution in [-0.2, 0) is 60.0 Å². The van der Waals surface area contributed by atoms with Crippen molar-refractivity contribution in [3.63, 3.8) is 0 Å². The molecule has 15 rings (SSSR count). The largest absolute Gasteiger partial charge is 0.506 e. The summed E-state index contributed by atoms with van der Waals surface area (Å²) in [5, 5.41) is 73.3. The zero-order chi connectivity index (χ0) is 75.5. The number of benzene rings is 4. The number of H-pyrrole nitrogens is 3. The Labute approximate surface area is 669 Å². The van der Waals surface area contributed by atoms with E-state index in [1.54, 1.807) is 0 Å². The van der Waals surface area contributed by atoms with Gasteiger partial charge in [0, 0.05) is 157 Å². The Morgan fingerprint density at radius 2 is 0.883 bits per heavy atom. The quantitative estimate of drug-likeness (QED) is 0.0267. The van der Waals surface area contributed by atoms with E-state index in [2.05, 4.69) is 111 Å². The summed E-state index contributed by atoms with van der Waals surface area (Å²) in [5.74, 6) is -4.03. The molecule has 5 fully saturated rings. The van der Waals surface area contributed by atoms with Gasteiger partial charge in [0.05, 0.1) is 17.1 Å². The number of carbonyl (C=O) groups is 3. The van der Waals surface area contributed by atoms with Gasteiger partial charge in [-0.25, -0.2) is 14.4 Å². The molecular weight excluding hydrogens is 1500 g/mol. The Balaban J connectivity index is 0.000000188. The Kier molecular flexibility index (Phi) is 29.0. The van der Waals surface area contributed by atoms with Gasteiger partial charge in [0.2, 0.25) is 0 Å². The standard InChI is InChI=1S/C29H32N4O4.2C27H34N4O4.4ClH/c1-3-23-26(31-28(35)25(27(23)34)29(36)37)18-11-12-24-19(14-18)15-22(32(24)2)17-33-13-7-10-21(33)16-30-20-8-5-4-6-9-20;1-3-21-24(29-26(33)23(25(21)32)27(34)35)17-6-7-22-18(12-17)13-20(30(22)2)15-31(14-16-4-5-16)19-8-10-28-11-9-19;1-3-21-24(29-26(33)23(25(21)32)27(34)35)17-8-9-22-18(11-17)12-20(30(22)2)15-31(14-16-6-7-16)19-5-4-10-28-13-19;;;;/h4-6,8-9,11-12,14-15,21,30H,3,7,10,13,16-17H2,1-2H3,(H,36,37)(H2,31,34,35);6-7,12-13,16,19,28H,3-5,8-11,14-15H2,1-2H3,(H,34,35)(H2,29,32,33);8-9,11-12,16,19,28H,3-7,10,13-15H2,1-2H3,(H,34,35)(H2,29,32,33);4*1H/t21-;;;;;;/m0....../s1. The number of piperidine rings is 2. The molecule has 2 atom stereocenters. The number of nitrogens with zero attached hydrogens (tertiary/aromatic N) is 6. The molecule has 6 aromatic heterocycles. The van der Waals surface area contributed by atoms with Gasteiger partial charge in [-0.05, 0) is 205 Å². The molecule has 3 aliphatic heterocycles. The van der Waals surface area contributed by atoms with Crippen LogP contribution in [0, 0.1) is 11.8 Å². The van der Waals surface area contributed by atoms with Crippen LogP contribution in [0.4, 0.5) is 5.69 Å². The zero-order valence-electron chi connectivity index (χ0n) is 63.6. The molecule has 3 saturated heterocycles. The van der Waals surface area contributed by atoms with Crippen molar-refractivity contribution in [1.82, 2.24) is 54.0 Å². The number of carboxylic acids is 3. The molecule has 28 heteroatoms. The van der Waals surface area contributed by atoms with E-state index in [-0.39, 0.29) is 49.6 Å². The molecule has 2 aliphatic carbocycles. The zero-order valence-corrected chi connectivity index (χ0v) is 66.9. The molecule has 0 spiro atoms. The molecular formula is C83H104Cl4N12O12. The number of pyridine rings is 3. The molecule has 2 saturated carbocycles. The number of likely N-dealkylation sites (tertiary alicyclic amines) is 1. The number of aromatic carboxylic acids is 3. The number of anilines is 1. The lowest BCUT2D eigenvalue weighted by Gasteiger charge is -2.35. The van der Waals surface area contributed by atoms with Gasteiger partial charge in [-0.2, -0.15) is 0 Å². The molecule has 0 amide bonds. The van der Waals surface area contributed by atoms with E-state index in [1.807, 2.05) is 93.6 Å². The first-order valence-electron chi connectivity index (χ1n) is 37.9. The minimum Gasteiger partial charge on any atom is -0.506 e. The van der Waals surface area contributed by atoms with Crippen molar-refractivity contribution in [2.24, 2.45) is 33.0 Å². The van der Waals surface area contributed by atoms with Crippen LogP contribution < -0.4 is 32.6 Å². The Bertz CT molecular complexity index is 4960. The second-order valence-electron chi connectivity index (χ2n) is 29.7. The normalized spacial score (nSPS) is 16.4. The van der Waals surface area contributed by atoms with E-state index in [9.17, 15) is 59.4 Å². The third kappa shape index (κ3) is 18.8. The van der Waals surface area contributed by atoms with Gasteiger partial charge in [0.25, 0.3) is 16.7 Å². The first-order valence-corrected chi connectivity index (χ1v) is 37.9. The smallest absolute Gasteiger partial charge is 0.345 e. The van der Waals surface area contributed by atoms with E-state index >= 15 is 0 Å². The first-order chi connectivity index (χ1) is 51.6. The number of para-hydroxylation sites is 1. The maximum Gasteiger partial charge on any atom is 0.345 e. The Hall–Kier alpha value is -9.08. The number of aromatic nitrogens is 6. The highest BCUT2D eigenvalue weighted by molar-refractivity contribution is 5.95. The first kappa shape index (κ1) is 85.9. The van der Waals surface area contributed by atoms with Crippen LogP contribution in [0.15, 0.2) is 118 Å². The number of hydrogen-bond acceptors (Lipinski definition) is 15. The SMILES string of the molecule is CCc1c(-c2ccc3c(c2)cc(CN(CC2CC2)C2CCCNC2)n3C)[nH]c(=O)c(C(=O)O)c1O.CCc1c(-c2ccc3c(c2)cc(CN(CC2CC2)C2CCNCC2)n3C)[nH]c(=O)c(C(=O)O)c1O.CCc1c(-c2ccc3c(c2)cc(CN2CCC[C@H]2CNc2ccccc2)n3C)[nH]c(=O)c(C(=O)O)c1O.Cl.Cl.Cl.Cl. The van der Waals surface area contributed by atoms with E-state index in [1.165, 1.54) is 74.9 Å². The topological polar surface area (TPSA) is 332 Å². The summed E-state index contributed by atoms with van der Waals surface area (Å²) < 4.78 is 6.69. The Morgan fingerprint density at radius 3 is 1.27 bits per heavy atom. The van der Waals surface area contributed by atoms with Crippen LogP contribution >= 0.6 is 49.6 Å². The highest BCUT2D eigenvalue weighted by Gasteiger charge is 2.33. The predicted molar refractivity (Wildman–Crippen MR) is 446 cm³/mol. The fourth-order valence-corrected chi connectivity index (χ4v) is 16.4. The van der Waals surface area contributed by atoms with Crippen LogP contribution in [0.3, 0.4) is 0 Å². The van der Waals surface area contributed by atoms with Crippen LogP contribution in [0.25, 0.3) is 66.5 Å². The second kappa shape index (κ2) is 37.5. The van der Waals surface area contributed by atoms with E-state index in [0.29, 0.717) is 71.2 Å². The molecule has 24 nitrogen and oxygen atoms in total. The van der Waals surface area contributed by atoms with Crippen molar-refractivity contribution in [2.45, 2.75) is 142 Å². The van der Waals surface area contributed by atoms with Crippen LogP contribution in [0.1, 0.15) is 150 Å². The van der Waals surface area contributed by atoms with Crippen LogP contribution in [-0.4, -0.2) is 162 Å². The van der Waals surface area contributed by atoms with Crippen molar-refractivity contribution >= 4 is 106 Å². The summed E-state index contributed by atoms with van der Waals surface area (Å²) >= 11 is 0. The van der Waals surface area contributed by atoms with Crippen LogP contribution in [0.2, 0.25) is 0 Å². The fraction of sp³-hybridized carbons (Fsp3) is 0.422. The lowest BCUT2D eigenvalue weighted by atomic mass is 9.99. The van der Waals surface area contributed by atoms with E-state index in [0.717, 1.165) is 145 Å². The van der Waals surface area contributed by atoms with Crippen molar-refractivity contribution in [2.75, 3.05) is 57.7 Å². The number of carboxylic acid groups (broad SMARTS) is 3. The van der Waals surface area contributed by atoms with Gasteiger partial charge in [-0.1, -0.05) is 57.2 Å². The van der Waals surface area contributed by atoms with Crippen molar-refractivity contribution in [1.29, 1.82) is 0 Å². The summed E-state index contributed by atoms with van der Waals surface area (Å²) in [6, 6.07) is 36.3. The molecule has 1 unspecified atom stereocenters. The summed E-state index contributed by atoms with van der Waals surface area (Å²) in [6.45, 7) is 16.7. The average Bonchev–Trinajstić information content (AvgIpc) is 1.71. The van der Waals surface area contributed by atoms with Gasteiger partial charge in [0.1, 0.15) is 17.2 Å². The molecule has 10 aromatic rings. The van der Waals surface area contributed by atoms with E-state index in [4.69, 9.17) is 0 Å². The minimum atomic E-state index is -1.44. The molecule has 0 radical (unpaired) electrons. The molecule has 5 aliphatic rings. The second-order valence-corrected chi connectivity index (χ2v) is 29.7. The number of halogens is 4. The minimum absolute atomic E-state index is 0. The summed E-state index contributed by atoms with van der Waals surface area (Å²) in [6.07, 6.45) is 13.7. The average molecular weight is 1600 g/mol. The molecule has 4 aromatic carbocycles. The molecule has 111 heavy (non-hydrogen) atoms. The summed E-state index contributed by atoms with van der Waals surface area (Å²) in [5.41, 5.74) is 8.78. The highest BCUT2D eigenvalue weighted by atomic mass is 35.5. The van der Waals surface area contributed by atoms with Gasteiger partial charge >= 0.3 is 17.9 Å². The third-order valence-corrected chi connectivity index (χ3v) is 22.8. The van der Waals surface area contributed by atoms with Gasteiger partial charge in [0.15, 0.2) is 16.7 Å². The monoisotopic (exact) mass is 1600 g/mol. The number of nitrogens with one attached hydrogen (secondary N) is 6. The molecule has 9 heterocycles. The molecule has 12 N–H and O–H groups in total. The lowest BCUT2D eigenvalue weighted by Crippen LogP contribution is -2.46. The van der Waals surface area contributed by atoms with Gasteiger partial charge in [-0.3, -0.25) is 29.1 Å². The van der Waals surface area contributed by atoms with Crippen molar-refractivity contribution in [3.05, 3.63) is 185 Å². The number of aryl methyl sites for hydroxylation is 3. The van der Waals surface area contributed by atoms with Crippen molar-refractivity contribution < 1.29 is 45.0 Å². The maximum absolute atomic E-state index is 12.4. The number of aromatic hydroxyl groups is 3. The number of aromatic amines is 3. The molecule has 596 valence electrons. The number of hydrogen-bond donors (Lipinski definition) is 12. The third-order valence-electron chi connectivity index (χ3n) is 22.8. The number of rotatable bonds is 24. The Morgan fingerprint density at radius 1 is 0.477 bits per heavy atom. The van der Waals surface area contributed by atoms with Crippen molar-refractivity contribution in [3.8, 4) is 51.0 Å². The fourth-order valence-electron chi connectivity index (χ4n) is 16.4. The predicted octanol–water partition coefficient (Wildman–Crippen LogP) is 13.2. The van der Waals surface area contributed by atoms with Gasteiger partial charge < -0.3 is 75.2 Å². The van der Waals surface area contributed by atoms with Gasteiger partial charge in [-0.15, -0.1) is 49.6 Å². The number of fused-ring (bicyclic) bond motifs is 3. The van der Waals surface area contributed by atoms with Crippen LogP contribution in [0.5, 0.6) is 17.2 Å². The molecule has 0 bridgehead atoms. The summed E-state index contributed by atoms with van der Waals surface area (Å²) in [7, 11) is 6.26.